The molecule has 1 aliphatic rings. The normalized spacial score (nSPS) is 19.1. The standard InChI is InChI=1S/C13H17FN2O3/c14-10-7-11(9-12(8-10)16(17)18)15-5-4-13-3-1-2-6-19-13/h7-9,13,15H,1-6H2. The van der Waals surface area contributed by atoms with Crippen molar-refractivity contribution in [2.24, 2.45) is 0 Å². The molecule has 2 rings (SSSR count). The summed E-state index contributed by atoms with van der Waals surface area (Å²) in [6.07, 6.45) is 4.40. The van der Waals surface area contributed by atoms with Crippen LogP contribution in [0.3, 0.4) is 0 Å². The Morgan fingerprint density at radius 2 is 2.26 bits per heavy atom. The molecule has 19 heavy (non-hydrogen) atoms. The number of non-ortho nitro benzene ring substituents is 1. The summed E-state index contributed by atoms with van der Waals surface area (Å²) >= 11 is 0. The van der Waals surface area contributed by atoms with E-state index >= 15 is 0 Å². The van der Waals surface area contributed by atoms with Gasteiger partial charge in [-0.1, -0.05) is 0 Å². The van der Waals surface area contributed by atoms with E-state index < -0.39 is 10.7 Å². The van der Waals surface area contributed by atoms with Crippen LogP contribution in [-0.4, -0.2) is 24.2 Å². The lowest BCUT2D eigenvalue weighted by molar-refractivity contribution is -0.385. The highest BCUT2D eigenvalue weighted by Gasteiger charge is 2.14. The molecule has 0 spiro atoms. The van der Waals surface area contributed by atoms with Crippen molar-refractivity contribution >= 4 is 11.4 Å². The molecule has 1 aromatic rings. The number of anilines is 1. The Kier molecular flexibility index (Phi) is 4.68. The van der Waals surface area contributed by atoms with Crippen LogP contribution in [0.1, 0.15) is 25.7 Å². The fourth-order valence-corrected chi connectivity index (χ4v) is 2.19. The quantitative estimate of drug-likeness (QED) is 0.658. The van der Waals surface area contributed by atoms with Gasteiger partial charge in [0.25, 0.3) is 5.69 Å². The zero-order valence-electron chi connectivity index (χ0n) is 10.6. The van der Waals surface area contributed by atoms with Crippen molar-refractivity contribution in [3.05, 3.63) is 34.1 Å². The maximum absolute atomic E-state index is 13.2. The van der Waals surface area contributed by atoms with Crippen LogP contribution in [0.25, 0.3) is 0 Å². The van der Waals surface area contributed by atoms with E-state index in [0.717, 1.165) is 31.9 Å². The van der Waals surface area contributed by atoms with Crippen molar-refractivity contribution in [3.63, 3.8) is 0 Å². The fraction of sp³-hybridized carbons (Fsp3) is 0.538. The molecule has 0 saturated carbocycles. The van der Waals surface area contributed by atoms with Gasteiger partial charge in [-0.2, -0.15) is 0 Å². The van der Waals surface area contributed by atoms with E-state index in [4.69, 9.17) is 4.74 Å². The average molecular weight is 268 g/mol. The molecule has 0 aromatic heterocycles. The molecule has 1 atom stereocenters. The van der Waals surface area contributed by atoms with E-state index in [2.05, 4.69) is 5.32 Å². The molecule has 0 aliphatic carbocycles. The van der Waals surface area contributed by atoms with Gasteiger partial charge in [0.1, 0.15) is 5.82 Å². The van der Waals surface area contributed by atoms with Gasteiger partial charge in [-0.15, -0.1) is 0 Å². The third-order valence-electron chi connectivity index (χ3n) is 3.16. The van der Waals surface area contributed by atoms with Crippen LogP contribution in [0.5, 0.6) is 0 Å². The summed E-state index contributed by atoms with van der Waals surface area (Å²) in [6.45, 7) is 1.42. The van der Waals surface area contributed by atoms with Crippen LogP contribution in [0.4, 0.5) is 15.8 Å². The largest absolute Gasteiger partial charge is 0.385 e. The van der Waals surface area contributed by atoms with Crippen molar-refractivity contribution in [1.82, 2.24) is 0 Å². The zero-order valence-corrected chi connectivity index (χ0v) is 10.6. The lowest BCUT2D eigenvalue weighted by Crippen LogP contribution is -2.22. The van der Waals surface area contributed by atoms with Gasteiger partial charge in [-0.05, 0) is 31.7 Å². The molecule has 1 fully saturated rings. The maximum Gasteiger partial charge on any atom is 0.274 e. The van der Waals surface area contributed by atoms with Gasteiger partial charge in [0.15, 0.2) is 0 Å². The summed E-state index contributed by atoms with van der Waals surface area (Å²) in [4.78, 5) is 10.0. The first-order valence-corrected chi connectivity index (χ1v) is 6.45. The molecule has 1 aliphatic heterocycles. The monoisotopic (exact) mass is 268 g/mol. The van der Waals surface area contributed by atoms with Gasteiger partial charge >= 0.3 is 0 Å². The summed E-state index contributed by atoms with van der Waals surface area (Å²) in [5, 5.41) is 13.6. The first-order chi connectivity index (χ1) is 9.15. The lowest BCUT2D eigenvalue weighted by Gasteiger charge is -2.22. The predicted molar refractivity (Wildman–Crippen MR) is 69.8 cm³/mol. The molecule has 1 saturated heterocycles. The molecule has 0 bridgehead atoms. The van der Waals surface area contributed by atoms with Gasteiger partial charge in [-0.3, -0.25) is 10.1 Å². The van der Waals surface area contributed by atoms with Gasteiger partial charge in [0, 0.05) is 24.9 Å². The van der Waals surface area contributed by atoms with E-state index in [1.807, 2.05) is 0 Å². The Labute approximate surface area is 110 Å². The second-order valence-electron chi connectivity index (χ2n) is 4.66. The molecule has 1 unspecified atom stereocenters. The first-order valence-electron chi connectivity index (χ1n) is 6.45. The average Bonchev–Trinajstić information content (AvgIpc) is 2.39. The number of halogens is 1. The highest BCUT2D eigenvalue weighted by molar-refractivity contribution is 5.51. The molecule has 1 aromatic carbocycles. The molecule has 1 N–H and O–H groups in total. The van der Waals surface area contributed by atoms with Crippen LogP contribution in [0.2, 0.25) is 0 Å². The molecule has 6 heteroatoms. The van der Waals surface area contributed by atoms with Gasteiger partial charge < -0.3 is 10.1 Å². The molecule has 1 heterocycles. The molecular formula is C13H17FN2O3. The minimum atomic E-state index is -0.606. The molecule has 0 amide bonds. The highest BCUT2D eigenvalue weighted by Crippen LogP contribution is 2.21. The smallest absolute Gasteiger partial charge is 0.274 e. The third-order valence-corrected chi connectivity index (χ3v) is 3.16. The summed E-state index contributed by atoms with van der Waals surface area (Å²) < 4.78 is 18.8. The number of rotatable bonds is 5. The minimum absolute atomic E-state index is 0.239. The van der Waals surface area contributed by atoms with Gasteiger partial charge in [0.2, 0.25) is 0 Å². The summed E-state index contributed by atoms with van der Waals surface area (Å²) in [6, 6.07) is 3.51. The number of hydrogen-bond donors (Lipinski definition) is 1. The Bertz CT molecular complexity index is 448. The Balaban J connectivity index is 1.86. The predicted octanol–water partition coefficient (Wildman–Crippen LogP) is 3.11. The minimum Gasteiger partial charge on any atom is -0.385 e. The number of hydrogen-bond acceptors (Lipinski definition) is 4. The molecule has 104 valence electrons. The van der Waals surface area contributed by atoms with E-state index in [9.17, 15) is 14.5 Å². The number of ether oxygens (including phenoxy) is 1. The van der Waals surface area contributed by atoms with E-state index in [-0.39, 0.29) is 11.8 Å². The van der Waals surface area contributed by atoms with Gasteiger partial charge in [0.05, 0.1) is 17.1 Å². The Morgan fingerprint density at radius 1 is 1.42 bits per heavy atom. The molecular weight excluding hydrogens is 251 g/mol. The van der Waals surface area contributed by atoms with E-state index in [1.54, 1.807) is 0 Å². The first kappa shape index (κ1) is 13.7. The summed E-state index contributed by atoms with van der Waals surface area (Å²) in [7, 11) is 0. The van der Waals surface area contributed by atoms with Crippen molar-refractivity contribution in [2.45, 2.75) is 31.8 Å². The second kappa shape index (κ2) is 6.47. The van der Waals surface area contributed by atoms with Crippen molar-refractivity contribution in [3.8, 4) is 0 Å². The fourth-order valence-electron chi connectivity index (χ4n) is 2.19. The Hall–Kier alpha value is -1.69. The lowest BCUT2D eigenvalue weighted by atomic mass is 10.1. The topological polar surface area (TPSA) is 64.4 Å². The van der Waals surface area contributed by atoms with Crippen molar-refractivity contribution in [2.75, 3.05) is 18.5 Å². The van der Waals surface area contributed by atoms with Gasteiger partial charge in [-0.25, -0.2) is 4.39 Å². The number of nitrogens with one attached hydrogen (secondary N) is 1. The second-order valence-corrected chi connectivity index (χ2v) is 4.66. The summed E-state index contributed by atoms with van der Waals surface area (Å²) in [5.74, 6) is -0.606. The maximum atomic E-state index is 13.2. The SMILES string of the molecule is O=[N+]([O-])c1cc(F)cc(NCCC2CCCCO2)c1. The van der Waals surface area contributed by atoms with Crippen LogP contribution in [0.15, 0.2) is 18.2 Å². The Morgan fingerprint density at radius 3 is 2.95 bits per heavy atom. The van der Waals surface area contributed by atoms with E-state index in [1.165, 1.54) is 18.6 Å². The summed E-state index contributed by atoms with van der Waals surface area (Å²) in [5.41, 5.74) is 0.193. The third kappa shape index (κ3) is 4.17. The number of nitro groups is 1. The van der Waals surface area contributed by atoms with Crippen LogP contribution < -0.4 is 5.32 Å². The van der Waals surface area contributed by atoms with Crippen LogP contribution in [0, 0.1) is 15.9 Å². The highest BCUT2D eigenvalue weighted by atomic mass is 19.1. The zero-order chi connectivity index (χ0) is 13.7. The van der Waals surface area contributed by atoms with Crippen LogP contribution >= 0.6 is 0 Å². The van der Waals surface area contributed by atoms with Crippen molar-refractivity contribution < 1.29 is 14.1 Å². The number of benzene rings is 1. The molecule has 5 nitrogen and oxygen atoms in total. The van der Waals surface area contributed by atoms with Crippen LogP contribution in [-0.2, 0) is 4.74 Å². The number of nitro benzene ring substituents is 1. The van der Waals surface area contributed by atoms with E-state index in [0.29, 0.717) is 12.2 Å². The molecule has 0 radical (unpaired) electrons. The van der Waals surface area contributed by atoms with Crippen molar-refractivity contribution in [1.29, 1.82) is 0 Å². The number of nitrogens with zero attached hydrogens (tertiary/aromatic N) is 1.